The van der Waals surface area contributed by atoms with Crippen molar-refractivity contribution < 1.29 is 13.2 Å². The van der Waals surface area contributed by atoms with Gasteiger partial charge in [0.05, 0.1) is 18.1 Å². The molecule has 5 nitrogen and oxygen atoms in total. The largest absolute Gasteiger partial charge is 0.376 e. The van der Waals surface area contributed by atoms with E-state index in [0.717, 1.165) is 16.8 Å². The highest BCUT2D eigenvalue weighted by molar-refractivity contribution is 7.91. The van der Waals surface area contributed by atoms with Gasteiger partial charge < -0.3 is 10.2 Å². The van der Waals surface area contributed by atoms with Gasteiger partial charge in [0.15, 0.2) is 9.84 Å². The summed E-state index contributed by atoms with van der Waals surface area (Å²) >= 11 is 0. The Morgan fingerprint density at radius 3 is 2.43 bits per heavy atom. The summed E-state index contributed by atoms with van der Waals surface area (Å²) in [5.41, 5.74) is 3.19. The molecule has 6 heteroatoms. The summed E-state index contributed by atoms with van der Waals surface area (Å²) in [4.78, 5) is 13.7. The lowest BCUT2D eigenvalue weighted by Crippen LogP contribution is -2.40. The highest BCUT2D eigenvalue weighted by Crippen LogP contribution is 2.17. The van der Waals surface area contributed by atoms with Crippen molar-refractivity contribution in [1.29, 1.82) is 0 Å². The lowest BCUT2D eigenvalue weighted by Gasteiger charge is -2.23. The Balaban J connectivity index is 1.92. The molecule has 1 fully saturated rings. The standard InChI is InChI=1S/C15H22N2O3S/c1-11-6-12(2)8-13(7-11)16-9-15(18)17(3)14-4-5-21(19,20)10-14/h6-8,14,16H,4-5,9-10H2,1-3H3. The fourth-order valence-electron chi connectivity index (χ4n) is 2.66. The van der Waals surface area contributed by atoms with Gasteiger partial charge in [-0.2, -0.15) is 0 Å². The minimum Gasteiger partial charge on any atom is -0.376 e. The maximum Gasteiger partial charge on any atom is 0.241 e. The number of rotatable bonds is 4. The molecule has 2 rings (SSSR count). The van der Waals surface area contributed by atoms with Crippen molar-refractivity contribution in [2.24, 2.45) is 0 Å². The molecule has 0 aromatic heterocycles. The fourth-order valence-corrected chi connectivity index (χ4v) is 4.44. The van der Waals surface area contributed by atoms with Gasteiger partial charge in [0, 0.05) is 18.8 Å². The maximum absolute atomic E-state index is 12.2. The molecule has 116 valence electrons. The summed E-state index contributed by atoms with van der Waals surface area (Å²) < 4.78 is 22.9. The van der Waals surface area contributed by atoms with Gasteiger partial charge in [-0.05, 0) is 43.5 Å². The summed E-state index contributed by atoms with van der Waals surface area (Å²) in [7, 11) is -1.29. The van der Waals surface area contributed by atoms with Crippen molar-refractivity contribution in [3.8, 4) is 0 Å². The van der Waals surface area contributed by atoms with Gasteiger partial charge in [0.2, 0.25) is 5.91 Å². The number of anilines is 1. The number of carbonyl (C=O) groups is 1. The third-order valence-electron chi connectivity index (χ3n) is 3.81. The second-order valence-electron chi connectivity index (χ2n) is 5.79. The first-order chi connectivity index (χ1) is 9.77. The second-order valence-corrected chi connectivity index (χ2v) is 8.02. The molecule has 1 atom stereocenters. The first-order valence-corrected chi connectivity index (χ1v) is 8.87. The van der Waals surface area contributed by atoms with E-state index in [4.69, 9.17) is 0 Å². The van der Waals surface area contributed by atoms with Crippen LogP contribution in [-0.2, 0) is 14.6 Å². The molecule has 1 aliphatic rings. The fraction of sp³-hybridized carbons (Fsp3) is 0.533. The van der Waals surface area contributed by atoms with Crippen molar-refractivity contribution in [1.82, 2.24) is 4.90 Å². The van der Waals surface area contributed by atoms with E-state index in [1.54, 1.807) is 11.9 Å². The molecule has 21 heavy (non-hydrogen) atoms. The molecule has 1 aromatic rings. The van der Waals surface area contributed by atoms with Crippen molar-refractivity contribution in [3.63, 3.8) is 0 Å². The highest BCUT2D eigenvalue weighted by Gasteiger charge is 2.32. The van der Waals surface area contributed by atoms with E-state index in [-0.39, 0.29) is 30.0 Å². The number of hydrogen-bond acceptors (Lipinski definition) is 4. The summed E-state index contributed by atoms with van der Waals surface area (Å²) in [6.07, 6.45) is 0.536. The van der Waals surface area contributed by atoms with Gasteiger partial charge in [-0.25, -0.2) is 8.42 Å². The third-order valence-corrected chi connectivity index (χ3v) is 5.57. The van der Waals surface area contributed by atoms with Crippen LogP contribution in [0.3, 0.4) is 0 Å². The zero-order chi connectivity index (χ0) is 15.6. The number of nitrogens with zero attached hydrogens (tertiary/aromatic N) is 1. The van der Waals surface area contributed by atoms with E-state index in [2.05, 4.69) is 11.4 Å². The molecule has 0 spiro atoms. The topological polar surface area (TPSA) is 66.5 Å². The zero-order valence-corrected chi connectivity index (χ0v) is 13.5. The van der Waals surface area contributed by atoms with Gasteiger partial charge >= 0.3 is 0 Å². The first-order valence-electron chi connectivity index (χ1n) is 7.05. The normalized spacial score (nSPS) is 20.2. The number of benzene rings is 1. The summed E-state index contributed by atoms with van der Waals surface area (Å²) in [6.45, 7) is 4.20. The molecule has 1 heterocycles. The van der Waals surface area contributed by atoms with E-state index < -0.39 is 9.84 Å². The molecular formula is C15H22N2O3S. The second kappa shape index (κ2) is 6.05. The molecule has 1 N–H and O–H groups in total. The van der Waals surface area contributed by atoms with Crippen molar-refractivity contribution >= 4 is 21.4 Å². The number of aryl methyl sites for hydroxylation is 2. The van der Waals surface area contributed by atoms with Crippen LogP contribution in [-0.4, -0.2) is 50.4 Å². The predicted octanol–water partition coefficient (Wildman–Crippen LogP) is 1.36. The molecule has 0 saturated carbocycles. The van der Waals surface area contributed by atoms with Crippen LogP contribution in [0.25, 0.3) is 0 Å². The number of sulfone groups is 1. The van der Waals surface area contributed by atoms with Crippen LogP contribution >= 0.6 is 0 Å². The molecule has 0 radical (unpaired) electrons. The van der Waals surface area contributed by atoms with Crippen LogP contribution in [0.2, 0.25) is 0 Å². The summed E-state index contributed by atoms with van der Waals surface area (Å²) in [5.74, 6) is 0.176. The van der Waals surface area contributed by atoms with E-state index >= 15 is 0 Å². The Labute approximate surface area is 126 Å². The van der Waals surface area contributed by atoms with Crippen LogP contribution in [0.4, 0.5) is 5.69 Å². The first kappa shape index (κ1) is 15.8. The number of hydrogen-bond donors (Lipinski definition) is 1. The van der Waals surface area contributed by atoms with E-state index in [1.165, 1.54) is 0 Å². The smallest absolute Gasteiger partial charge is 0.241 e. The molecule has 1 saturated heterocycles. The predicted molar refractivity (Wildman–Crippen MR) is 84.2 cm³/mol. The van der Waals surface area contributed by atoms with Crippen molar-refractivity contribution in [2.75, 3.05) is 30.4 Å². The van der Waals surface area contributed by atoms with Crippen LogP contribution in [0.5, 0.6) is 0 Å². The van der Waals surface area contributed by atoms with Crippen molar-refractivity contribution in [2.45, 2.75) is 26.3 Å². The summed E-state index contributed by atoms with van der Waals surface area (Å²) in [6, 6.07) is 5.85. The summed E-state index contributed by atoms with van der Waals surface area (Å²) in [5, 5.41) is 3.11. The molecule has 0 aliphatic carbocycles. The van der Waals surface area contributed by atoms with E-state index in [9.17, 15) is 13.2 Å². The molecule has 1 aliphatic heterocycles. The average Bonchev–Trinajstić information content (AvgIpc) is 2.74. The average molecular weight is 310 g/mol. The minimum atomic E-state index is -2.97. The van der Waals surface area contributed by atoms with Gasteiger partial charge in [-0.15, -0.1) is 0 Å². The third kappa shape index (κ3) is 4.20. The van der Waals surface area contributed by atoms with E-state index in [1.807, 2.05) is 26.0 Å². The maximum atomic E-state index is 12.2. The van der Waals surface area contributed by atoms with Crippen LogP contribution in [0.1, 0.15) is 17.5 Å². The van der Waals surface area contributed by atoms with Crippen molar-refractivity contribution in [3.05, 3.63) is 29.3 Å². The molecule has 1 unspecified atom stereocenters. The number of amides is 1. The van der Waals surface area contributed by atoms with Gasteiger partial charge in [-0.3, -0.25) is 4.79 Å². The van der Waals surface area contributed by atoms with Gasteiger partial charge in [-0.1, -0.05) is 6.07 Å². The van der Waals surface area contributed by atoms with E-state index in [0.29, 0.717) is 6.42 Å². The zero-order valence-electron chi connectivity index (χ0n) is 12.7. The lowest BCUT2D eigenvalue weighted by molar-refractivity contribution is -0.129. The number of nitrogens with one attached hydrogen (secondary N) is 1. The van der Waals surface area contributed by atoms with Crippen LogP contribution in [0.15, 0.2) is 18.2 Å². The molecular weight excluding hydrogens is 288 g/mol. The number of carbonyl (C=O) groups excluding carboxylic acids is 1. The van der Waals surface area contributed by atoms with Gasteiger partial charge in [0.25, 0.3) is 0 Å². The number of likely N-dealkylation sites (N-methyl/N-ethyl adjacent to an activating group) is 1. The van der Waals surface area contributed by atoms with Gasteiger partial charge in [0.1, 0.15) is 0 Å². The quantitative estimate of drug-likeness (QED) is 0.912. The Morgan fingerprint density at radius 1 is 1.29 bits per heavy atom. The molecule has 1 aromatic carbocycles. The molecule has 1 amide bonds. The molecule has 0 bridgehead atoms. The Kier molecular flexibility index (Phi) is 4.56. The Morgan fingerprint density at radius 2 is 1.90 bits per heavy atom. The monoisotopic (exact) mass is 310 g/mol. The van der Waals surface area contributed by atoms with Crippen LogP contribution in [0, 0.1) is 13.8 Å². The Hall–Kier alpha value is -1.56. The lowest BCUT2D eigenvalue weighted by atomic mass is 10.1. The SMILES string of the molecule is Cc1cc(C)cc(NCC(=O)N(C)C2CCS(=O)(=O)C2)c1. The Bertz CT molecular complexity index is 620. The highest BCUT2D eigenvalue weighted by atomic mass is 32.2. The minimum absolute atomic E-state index is 0.0821. The van der Waals surface area contributed by atoms with Crippen LogP contribution < -0.4 is 5.32 Å².